The van der Waals surface area contributed by atoms with Gasteiger partial charge in [0.2, 0.25) is 0 Å². The van der Waals surface area contributed by atoms with Crippen molar-refractivity contribution in [1.82, 2.24) is 15.2 Å². The van der Waals surface area contributed by atoms with E-state index in [2.05, 4.69) is 17.5 Å². The molecule has 0 spiro atoms. The molecule has 1 unspecified atom stereocenters. The summed E-state index contributed by atoms with van der Waals surface area (Å²) in [6.45, 7) is 4.44. The molecular formula is C32H30N4O3. The maximum Gasteiger partial charge on any atom is 0.280 e. The number of ether oxygens (including phenoxy) is 2. The standard InChI is InChI=1S/C32H30N4O3/c1-3-19-38-29-16-14-25(15-17-29)31-27(22-36(35-31)28-11-5-4-6-12-28)21-33-34-32(37)23(2)39-30-18-13-24-9-7-8-10-26(24)20-30/h4-18,20-23H,3,19H2,1-2H3,(H,34,37). The van der Waals surface area contributed by atoms with E-state index in [9.17, 15) is 4.79 Å². The maximum atomic E-state index is 12.7. The molecule has 39 heavy (non-hydrogen) atoms. The Hall–Kier alpha value is -4.91. The molecule has 0 aliphatic rings. The number of rotatable bonds is 10. The summed E-state index contributed by atoms with van der Waals surface area (Å²) in [6, 6.07) is 31.4. The number of aromatic nitrogens is 2. The van der Waals surface area contributed by atoms with Gasteiger partial charge in [0, 0.05) is 17.3 Å². The van der Waals surface area contributed by atoms with Crippen molar-refractivity contribution in [3.8, 4) is 28.4 Å². The third kappa shape index (κ3) is 6.33. The Morgan fingerprint density at radius 1 is 0.949 bits per heavy atom. The number of nitrogens with one attached hydrogen (secondary N) is 1. The Morgan fingerprint density at radius 2 is 1.67 bits per heavy atom. The van der Waals surface area contributed by atoms with Gasteiger partial charge in [-0.25, -0.2) is 10.1 Å². The highest BCUT2D eigenvalue weighted by Gasteiger charge is 2.15. The first-order chi connectivity index (χ1) is 19.1. The Balaban J connectivity index is 1.31. The third-order valence-electron chi connectivity index (χ3n) is 6.15. The molecular weight excluding hydrogens is 488 g/mol. The monoisotopic (exact) mass is 518 g/mol. The summed E-state index contributed by atoms with van der Waals surface area (Å²) < 4.78 is 13.4. The van der Waals surface area contributed by atoms with Crippen molar-refractivity contribution in [2.75, 3.05) is 6.61 Å². The van der Waals surface area contributed by atoms with E-state index < -0.39 is 6.10 Å². The highest BCUT2D eigenvalue weighted by Crippen LogP contribution is 2.25. The minimum atomic E-state index is -0.731. The van der Waals surface area contributed by atoms with Gasteiger partial charge in [0.05, 0.1) is 18.5 Å². The zero-order chi connectivity index (χ0) is 27.0. The first kappa shape index (κ1) is 25.7. The van der Waals surface area contributed by atoms with Crippen LogP contribution in [-0.2, 0) is 4.79 Å². The van der Waals surface area contributed by atoms with Crippen molar-refractivity contribution in [1.29, 1.82) is 0 Å². The highest BCUT2D eigenvalue weighted by atomic mass is 16.5. The fourth-order valence-electron chi connectivity index (χ4n) is 4.10. The lowest BCUT2D eigenvalue weighted by Crippen LogP contribution is -2.33. The number of amides is 1. The van der Waals surface area contributed by atoms with E-state index in [-0.39, 0.29) is 5.91 Å². The van der Waals surface area contributed by atoms with E-state index >= 15 is 0 Å². The number of carbonyl (C=O) groups is 1. The summed E-state index contributed by atoms with van der Waals surface area (Å²) >= 11 is 0. The van der Waals surface area contributed by atoms with E-state index in [4.69, 9.17) is 14.6 Å². The van der Waals surface area contributed by atoms with Crippen LogP contribution in [0.4, 0.5) is 0 Å². The molecule has 0 saturated heterocycles. The molecule has 5 aromatic rings. The van der Waals surface area contributed by atoms with Gasteiger partial charge in [-0.15, -0.1) is 0 Å². The van der Waals surface area contributed by atoms with E-state index in [1.54, 1.807) is 17.8 Å². The topological polar surface area (TPSA) is 77.7 Å². The summed E-state index contributed by atoms with van der Waals surface area (Å²) in [5.41, 5.74) is 5.92. The summed E-state index contributed by atoms with van der Waals surface area (Å²) in [5.74, 6) is 1.08. The Kier molecular flexibility index (Phi) is 7.98. The number of hydrogen-bond acceptors (Lipinski definition) is 5. The molecule has 0 aliphatic carbocycles. The van der Waals surface area contributed by atoms with Crippen LogP contribution in [0.3, 0.4) is 0 Å². The molecule has 4 aromatic carbocycles. The molecule has 1 amide bonds. The second-order valence-corrected chi connectivity index (χ2v) is 9.09. The van der Waals surface area contributed by atoms with Crippen molar-refractivity contribution in [2.45, 2.75) is 26.4 Å². The van der Waals surface area contributed by atoms with E-state index in [0.717, 1.165) is 45.5 Å². The van der Waals surface area contributed by atoms with Gasteiger partial charge in [-0.1, -0.05) is 55.5 Å². The third-order valence-corrected chi connectivity index (χ3v) is 6.15. The average Bonchev–Trinajstić information content (AvgIpc) is 3.41. The predicted octanol–water partition coefficient (Wildman–Crippen LogP) is 6.40. The number of carbonyl (C=O) groups excluding carboxylic acids is 1. The number of hydrazone groups is 1. The van der Waals surface area contributed by atoms with Crippen molar-refractivity contribution < 1.29 is 14.3 Å². The second kappa shape index (κ2) is 12.1. The highest BCUT2D eigenvalue weighted by molar-refractivity contribution is 5.90. The van der Waals surface area contributed by atoms with Crippen LogP contribution in [0.25, 0.3) is 27.7 Å². The normalized spacial score (nSPS) is 11.9. The fraction of sp³-hybridized carbons (Fsp3) is 0.156. The molecule has 0 saturated carbocycles. The molecule has 1 N–H and O–H groups in total. The molecule has 0 bridgehead atoms. The molecule has 0 fully saturated rings. The smallest absolute Gasteiger partial charge is 0.280 e. The number of fused-ring (bicyclic) bond motifs is 1. The molecule has 196 valence electrons. The quantitative estimate of drug-likeness (QED) is 0.171. The van der Waals surface area contributed by atoms with Gasteiger partial charge in [0.1, 0.15) is 17.2 Å². The van der Waals surface area contributed by atoms with Crippen molar-refractivity contribution in [3.63, 3.8) is 0 Å². The minimum Gasteiger partial charge on any atom is -0.494 e. The lowest BCUT2D eigenvalue weighted by molar-refractivity contribution is -0.127. The number of benzene rings is 4. The minimum absolute atomic E-state index is 0.353. The zero-order valence-electron chi connectivity index (χ0n) is 22.0. The van der Waals surface area contributed by atoms with E-state index in [1.165, 1.54) is 0 Å². The second-order valence-electron chi connectivity index (χ2n) is 9.09. The van der Waals surface area contributed by atoms with Gasteiger partial charge in [-0.2, -0.15) is 10.2 Å². The van der Waals surface area contributed by atoms with Gasteiger partial charge in [0.25, 0.3) is 5.91 Å². The Labute approximate surface area is 227 Å². The van der Waals surface area contributed by atoms with Crippen molar-refractivity contribution in [3.05, 3.63) is 109 Å². The number of para-hydroxylation sites is 1. The summed E-state index contributed by atoms with van der Waals surface area (Å²) in [7, 11) is 0. The summed E-state index contributed by atoms with van der Waals surface area (Å²) in [5, 5.41) is 11.2. The van der Waals surface area contributed by atoms with Crippen LogP contribution in [-0.4, -0.2) is 34.6 Å². The van der Waals surface area contributed by atoms with Gasteiger partial charge in [-0.3, -0.25) is 4.79 Å². The largest absolute Gasteiger partial charge is 0.494 e. The van der Waals surface area contributed by atoms with Crippen LogP contribution >= 0.6 is 0 Å². The maximum absolute atomic E-state index is 12.7. The van der Waals surface area contributed by atoms with Crippen LogP contribution < -0.4 is 14.9 Å². The average molecular weight is 519 g/mol. The molecule has 7 heteroatoms. The predicted molar refractivity (Wildman–Crippen MR) is 155 cm³/mol. The molecule has 1 atom stereocenters. The Morgan fingerprint density at radius 3 is 2.44 bits per heavy atom. The van der Waals surface area contributed by atoms with Crippen LogP contribution in [0.1, 0.15) is 25.8 Å². The van der Waals surface area contributed by atoms with Gasteiger partial charge in [0.15, 0.2) is 6.10 Å². The van der Waals surface area contributed by atoms with Gasteiger partial charge < -0.3 is 9.47 Å². The van der Waals surface area contributed by atoms with Crippen molar-refractivity contribution >= 4 is 22.9 Å². The molecule has 7 nitrogen and oxygen atoms in total. The van der Waals surface area contributed by atoms with Crippen LogP contribution in [0, 0.1) is 0 Å². The van der Waals surface area contributed by atoms with E-state index in [0.29, 0.717) is 12.4 Å². The number of hydrogen-bond donors (Lipinski definition) is 1. The first-order valence-corrected chi connectivity index (χ1v) is 13.0. The SMILES string of the molecule is CCCOc1ccc(-c2nn(-c3ccccc3)cc2C=NNC(=O)C(C)Oc2ccc3ccccc3c2)cc1. The molecule has 1 aromatic heterocycles. The van der Waals surface area contributed by atoms with Crippen molar-refractivity contribution in [2.24, 2.45) is 5.10 Å². The first-order valence-electron chi connectivity index (χ1n) is 13.0. The van der Waals surface area contributed by atoms with Gasteiger partial charge >= 0.3 is 0 Å². The van der Waals surface area contributed by atoms with Crippen LogP contribution in [0.2, 0.25) is 0 Å². The Bertz CT molecular complexity index is 1580. The van der Waals surface area contributed by atoms with Crippen LogP contribution in [0.15, 0.2) is 108 Å². The lowest BCUT2D eigenvalue weighted by atomic mass is 10.1. The molecule has 1 heterocycles. The summed E-state index contributed by atoms with van der Waals surface area (Å²) in [6.07, 6.45) is 3.70. The van der Waals surface area contributed by atoms with E-state index in [1.807, 2.05) is 103 Å². The molecule has 0 aliphatic heterocycles. The lowest BCUT2D eigenvalue weighted by Gasteiger charge is -2.13. The zero-order valence-corrected chi connectivity index (χ0v) is 22.0. The van der Waals surface area contributed by atoms with Gasteiger partial charge in [-0.05, 0) is 72.6 Å². The number of nitrogens with zero attached hydrogens (tertiary/aromatic N) is 3. The fourth-order valence-corrected chi connectivity index (χ4v) is 4.10. The molecule has 0 radical (unpaired) electrons. The summed E-state index contributed by atoms with van der Waals surface area (Å²) in [4.78, 5) is 12.7. The molecule has 5 rings (SSSR count). The van der Waals surface area contributed by atoms with Crippen LogP contribution in [0.5, 0.6) is 11.5 Å².